The first-order valence-corrected chi connectivity index (χ1v) is 4.47. The lowest BCUT2D eigenvalue weighted by molar-refractivity contribution is 0.0696. The van der Waals surface area contributed by atoms with Crippen molar-refractivity contribution in [2.45, 2.75) is 6.92 Å². The van der Waals surface area contributed by atoms with Gasteiger partial charge in [-0.2, -0.15) is 0 Å². The SMILES string of the molecule is Cc1cn2ccc(Cl)c2cc1C(=O)O. The number of hydrogen-bond acceptors (Lipinski definition) is 1. The van der Waals surface area contributed by atoms with Gasteiger partial charge in [0.2, 0.25) is 0 Å². The van der Waals surface area contributed by atoms with Crippen LogP contribution in [0, 0.1) is 6.92 Å². The van der Waals surface area contributed by atoms with Crippen molar-refractivity contribution in [2.24, 2.45) is 0 Å². The summed E-state index contributed by atoms with van der Waals surface area (Å²) in [5.74, 6) is -0.928. The van der Waals surface area contributed by atoms with E-state index in [0.717, 1.165) is 11.1 Å². The Kier molecular flexibility index (Phi) is 1.97. The van der Waals surface area contributed by atoms with Gasteiger partial charge < -0.3 is 9.51 Å². The Morgan fingerprint density at radius 3 is 2.93 bits per heavy atom. The third kappa shape index (κ3) is 1.26. The maximum Gasteiger partial charge on any atom is 0.336 e. The minimum absolute atomic E-state index is 0.290. The summed E-state index contributed by atoms with van der Waals surface area (Å²) in [7, 11) is 0. The number of carbonyl (C=O) groups is 1. The molecule has 0 aromatic carbocycles. The molecule has 2 rings (SSSR count). The van der Waals surface area contributed by atoms with Crippen LogP contribution in [0.25, 0.3) is 5.52 Å². The van der Waals surface area contributed by atoms with Gasteiger partial charge in [-0.1, -0.05) is 11.6 Å². The fourth-order valence-corrected chi connectivity index (χ4v) is 1.66. The van der Waals surface area contributed by atoms with Gasteiger partial charge in [0.1, 0.15) is 0 Å². The number of carboxylic acids is 1. The molecule has 2 aromatic heterocycles. The Labute approximate surface area is 85.5 Å². The van der Waals surface area contributed by atoms with Crippen molar-refractivity contribution in [2.75, 3.05) is 0 Å². The number of carboxylic acid groups (broad SMARTS) is 1. The minimum atomic E-state index is -0.928. The first-order chi connectivity index (χ1) is 6.59. The second-order valence-electron chi connectivity index (χ2n) is 3.13. The largest absolute Gasteiger partial charge is 0.478 e. The molecule has 0 saturated carbocycles. The summed E-state index contributed by atoms with van der Waals surface area (Å²) < 4.78 is 1.81. The lowest BCUT2D eigenvalue weighted by Gasteiger charge is -2.02. The van der Waals surface area contributed by atoms with Gasteiger partial charge in [0.05, 0.1) is 16.1 Å². The first kappa shape index (κ1) is 9.09. The van der Waals surface area contributed by atoms with Crippen LogP contribution in [0.1, 0.15) is 15.9 Å². The van der Waals surface area contributed by atoms with E-state index in [9.17, 15) is 4.79 Å². The van der Waals surface area contributed by atoms with Crippen LogP contribution in [0.5, 0.6) is 0 Å². The fourth-order valence-electron chi connectivity index (χ4n) is 1.45. The number of aromatic carboxylic acids is 1. The zero-order valence-electron chi connectivity index (χ0n) is 7.49. The van der Waals surface area contributed by atoms with Crippen molar-refractivity contribution in [3.05, 3.63) is 40.7 Å². The lowest BCUT2D eigenvalue weighted by atomic mass is 10.1. The Balaban J connectivity index is 2.80. The van der Waals surface area contributed by atoms with Crippen LogP contribution >= 0.6 is 11.6 Å². The summed E-state index contributed by atoms with van der Waals surface area (Å²) >= 11 is 5.89. The predicted octanol–water partition coefficient (Wildman–Crippen LogP) is 2.60. The van der Waals surface area contributed by atoms with Crippen molar-refractivity contribution in [1.82, 2.24) is 4.40 Å². The average molecular weight is 210 g/mol. The van der Waals surface area contributed by atoms with Crippen molar-refractivity contribution in [3.63, 3.8) is 0 Å². The highest BCUT2D eigenvalue weighted by atomic mass is 35.5. The molecule has 0 unspecified atom stereocenters. The highest BCUT2D eigenvalue weighted by Gasteiger charge is 2.09. The number of halogens is 1. The maximum absolute atomic E-state index is 10.8. The van der Waals surface area contributed by atoms with E-state index in [-0.39, 0.29) is 5.56 Å². The van der Waals surface area contributed by atoms with Crippen molar-refractivity contribution < 1.29 is 9.90 Å². The second kappa shape index (κ2) is 3.03. The molecule has 0 amide bonds. The molecular weight excluding hydrogens is 202 g/mol. The van der Waals surface area contributed by atoms with E-state index in [2.05, 4.69) is 0 Å². The summed E-state index contributed by atoms with van der Waals surface area (Å²) in [5, 5.41) is 9.46. The molecule has 3 nitrogen and oxygen atoms in total. The van der Waals surface area contributed by atoms with Gasteiger partial charge in [-0.3, -0.25) is 0 Å². The first-order valence-electron chi connectivity index (χ1n) is 4.09. The molecule has 2 aromatic rings. The summed E-state index contributed by atoms with van der Waals surface area (Å²) in [6.45, 7) is 1.76. The Hall–Kier alpha value is -1.48. The number of aryl methyl sites for hydroxylation is 1. The molecule has 4 heteroatoms. The zero-order valence-corrected chi connectivity index (χ0v) is 8.25. The van der Waals surface area contributed by atoms with Crippen molar-refractivity contribution >= 4 is 23.1 Å². The maximum atomic E-state index is 10.8. The molecule has 0 saturated heterocycles. The molecule has 0 bridgehead atoms. The van der Waals surface area contributed by atoms with E-state index in [1.165, 1.54) is 0 Å². The number of pyridine rings is 1. The second-order valence-corrected chi connectivity index (χ2v) is 3.54. The van der Waals surface area contributed by atoms with Crippen molar-refractivity contribution in [3.8, 4) is 0 Å². The van der Waals surface area contributed by atoms with Crippen LogP contribution < -0.4 is 0 Å². The number of hydrogen-bond donors (Lipinski definition) is 1. The summed E-state index contributed by atoms with van der Waals surface area (Å²) in [6.07, 6.45) is 3.56. The van der Waals surface area contributed by atoms with Gasteiger partial charge in [-0.05, 0) is 24.6 Å². The normalized spacial score (nSPS) is 10.7. The van der Waals surface area contributed by atoms with Crippen LogP contribution in [0.2, 0.25) is 5.02 Å². The van der Waals surface area contributed by atoms with E-state index in [1.807, 2.05) is 4.40 Å². The highest BCUT2D eigenvalue weighted by Crippen LogP contribution is 2.21. The Morgan fingerprint density at radius 2 is 2.29 bits per heavy atom. The van der Waals surface area contributed by atoms with E-state index in [1.54, 1.807) is 31.5 Å². The van der Waals surface area contributed by atoms with Gasteiger partial charge in [-0.15, -0.1) is 0 Å². The molecule has 0 aliphatic rings. The van der Waals surface area contributed by atoms with E-state index in [0.29, 0.717) is 5.02 Å². The smallest absolute Gasteiger partial charge is 0.336 e. The quantitative estimate of drug-likeness (QED) is 0.785. The van der Waals surface area contributed by atoms with E-state index >= 15 is 0 Å². The summed E-state index contributed by atoms with van der Waals surface area (Å²) in [6, 6.07) is 3.32. The molecule has 0 aliphatic carbocycles. The van der Waals surface area contributed by atoms with E-state index < -0.39 is 5.97 Å². The standard InChI is InChI=1S/C10H8ClNO2/c1-6-5-12-3-2-8(11)9(12)4-7(6)10(13)14/h2-5H,1H3,(H,13,14). The Bertz CT molecular complexity index is 516. The van der Waals surface area contributed by atoms with E-state index in [4.69, 9.17) is 16.7 Å². The monoisotopic (exact) mass is 209 g/mol. The van der Waals surface area contributed by atoms with Gasteiger partial charge in [0.25, 0.3) is 0 Å². The number of fused-ring (bicyclic) bond motifs is 1. The molecule has 14 heavy (non-hydrogen) atoms. The minimum Gasteiger partial charge on any atom is -0.478 e. The van der Waals surface area contributed by atoms with Crippen LogP contribution in [0.4, 0.5) is 0 Å². The molecule has 0 aliphatic heterocycles. The lowest BCUT2D eigenvalue weighted by Crippen LogP contribution is -2.01. The van der Waals surface area contributed by atoms with Crippen molar-refractivity contribution in [1.29, 1.82) is 0 Å². The Morgan fingerprint density at radius 1 is 1.57 bits per heavy atom. The van der Waals surface area contributed by atoms with Gasteiger partial charge in [-0.25, -0.2) is 4.79 Å². The van der Waals surface area contributed by atoms with Crippen LogP contribution in [-0.2, 0) is 0 Å². The number of rotatable bonds is 1. The van der Waals surface area contributed by atoms with Gasteiger partial charge in [0, 0.05) is 12.4 Å². The van der Waals surface area contributed by atoms with Crippen LogP contribution in [-0.4, -0.2) is 15.5 Å². The molecule has 72 valence electrons. The fraction of sp³-hybridized carbons (Fsp3) is 0.100. The third-order valence-corrected chi connectivity index (χ3v) is 2.49. The molecule has 0 radical (unpaired) electrons. The van der Waals surface area contributed by atoms with Crippen LogP contribution in [0.3, 0.4) is 0 Å². The molecule has 0 atom stereocenters. The molecular formula is C10H8ClNO2. The van der Waals surface area contributed by atoms with Gasteiger partial charge >= 0.3 is 5.97 Å². The third-order valence-electron chi connectivity index (χ3n) is 2.17. The number of aromatic nitrogens is 1. The molecule has 2 heterocycles. The topological polar surface area (TPSA) is 41.7 Å². The number of nitrogens with zero attached hydrogens (tertiary/aromatic N) is 1. The predicted molar refractivity (Wildman–Crippen MR) is 54.1 cm³/mol. The van der Waals surface area contributed by atoms with Crippen LogP contribution in [0.15, 0.2) is 24.5 Å². The molecule has 0 spiro atoms. The summed E-state index contributed by atoms with van der Waals surface area (Å²) in [4.78, 5) is 10.8. The molecule has 0 fully saturated rings. The zero-order chi connectivity index (χ0) is 10.3. The molecule has 1 N–H and O–H groups in total. The highest BCUT2D eigenvalue weighted by molar-refractivity contribution is 6.34. The summed E-state index contributed by atoms with van der Waals surface area (Å²) in [5.41, 5.74) is 1.73. The average Bonchev–Trinajstić information content (AvgIpc) is 2.46. The van der Waals surface area contributed by atoms with Gasteiger partial charge in [0.15, 0.2) is 0 Å².